The lowest BCUT2D eigenvalue weighted by atomic mass is 9.92. The zero-order valence-corrected chi connectivity index (χ0v) is 30.1. The molecule has 0 saturated carbocycles. The average Bonchev–Trinajstić information content (AvgIpc) is 3.86. The van der Waals surface area contributed by atoms with Crippen molar-refractivity contribution in [1.29, 1.82) is 0 Å². The first-order valence-electron chi connectivity index (χ1n) is 18.7. The third-order valence-corrected chi connectivity index (χ3v) is 10.6. The third-order valence-electron chi connectivity index (χ3n) is 10.6. The van der Waals surface area contributed by atoms with E-state index in [9.17, 15) is 0 Å². The van der Waals surface area contributed by atoms with Crippen molar-refractivity contribution in [2.75, 3.05) is 0 Å². The van der Waals surface area contributed by atoms with Crippen molar-refractivity contribution in [3.8, 4) is 67.3 Å². The summed E-state index contributed by atoms with van der Waals surface area (Å²) in [6.45, 7) is 0. The van der Waals surface area contributed by atoms with Gasteiger partial charge in [0.1, 0.15) is 22.3 Å². The SMILES string of the molecule is c1ccc(-c2cc(-c3ccc(-c4ccc(-c5cccc6oc7ccccc7c56)c5c4oc4ccccc45)cc3)nc(-c3cccc(-c4cccnc4)c3)n2)cc1. The third kappa shape index (κ3) is 5.37. The molecule has 11 rings (SSSR count). The number of aromatic nitrogens is 3. The lowest BCUT2D eigenvalue weighted by molar-refractivity contribution is 0.668. The minimum absolute atomic E-state index is 0.663. The molecule has 0 aliphatic rings. The summed E-state index contributed by atoms with van der Waals surface area (Å²) in [6.07, 6.45) is 3.66. The highest BCUT2D eigenvalue weighted by Gasteiger charge is 2.21. The number of furan rings is 2. The quantitative estimate of drug-likeness (QED) is 0.171. The van der Waals surface area contributed by atoms with Crippen LogP contribution in [0.4, 0.5) is 0 Å². The summed E-state index contributed by atoms with van der Waals surface area (Å²) < 4.78 is 13.0. The zero-order chi connectivity index (χ0) is 37.0. The van der Waals surface area contributed by atoms with E-state index in [4.69, 9.17) is 18.8 Å². The summed E-state index contributed by atoms with van der Waals surface area (Å²) >= 11 is 0. The van der Waals surface area contributed by atoms with Crippen LogP contribution in [0.25, 0.3) is 111 Å². The Morgan fingerprint density at radius 2 is 0.946 bits per heavy atom. The minimum Gasteiger partial charge on any atom is -0.456 e. The van der Waals surface area contributed by atoms with Gasteiger partial charge < -0.3 is 8.83 Å². The molecule has 4 heterocycles. The first kappa shape index (κ1) is 31.9. The van der Waals surface area contributed by atoms with E-state index in [0.29, 0.717) is 5.82 Å². The normalized spacial score (nSPS) is 11.6. The fourth-order valence-corrected chi connectivity index (χ4v) is 7.95. The molecule has 0 atom stereocenters. The highest BCUT2D eigenvalue weighted by Crippen LogP contribution is 2.45. The van der Waals surface area contributed by atoms with Crippen molar-refractivity contribution in [2.45, 2.75) is 0 Å². The van der Waals surface area contributed by atoms with Gasteiger partial charge in [-0.05, 0) is 64.7 Å². The summed E-state index contributed by atoms with van der Waals surface area (Å²) in [7, 11) is 0. The van der Waals surface area contributed by atoms with Crippen molar-refractivity contribution < 1.29 is 8.83 Å². The monoisotopic (exact) mass is 717 g/mol. The van der Waals surface area contributed by atoms with Crippen molar-refractivity contribution in [2.24, 2.45) is 0 Å². The molecule has 0 N–H and O–H groups in total. The molecular formula is C51H31N3O2. The van der Waals surface area contributed by atoms with Crippen LogP contribution in [-0.2, 0) is 0 Å². The Hall–Kier alpha value is -7.63. The van der Waals surface area contributed by atoms with Gasteiger partial charge in [-0.25, -0.2) is 9.97 Å². The van der Waals surface area contributed by atoms with Crippen molar-refractivity contribution in [1.82, 2.24) is 15.0 Å². The predicted molar refractivity (Wildman–Crippen MR) is 227 cm³/mol. The minimum atomic E-state index is 0.663. The fraction of sp³-hybridized carbons (Fsp3) is 0. The van der Waals surface area contributed by atoms with Gasteiger partial charge in [0, 0.05) is 61.8 Å². The molecule has 56 heavy (non-hydrogen) atoms. The Labute approximate surface area is 322 Å². The average molecular weight is 718 g/mol. The predicted octanol–water partition coefficient (Wildman–Crippen LogP) is 13.7. The number of nitrogens with zero attached hydrogens (tertiary/aromatic N) is 3. The van der Waals surface area contributed by atoms with Crippen molar-refractivity contribution in [3.63, 3.8) is 0 Å². The second-order valence-electron chi connectivity index (χ2n) is 14.0. The van der Waals surface area contributed by atoms with E-state index in [0.717, 1.165) is 105 Å². The lowest BCUT2D eigenvalue weighted by Crippen LogP contribution is -1.96. The first-order valence-corrected chi connectivity index (χ1v) is 18.7. The van der Waals surface area contributed by atoms with Crippen LogP contribution in [0.2, 0.25) is 0 Å². The standard InChI is InChI=1S/C51H31N3O2/c1-2-11-33(12-3-1)43-30-44(54-51(53-43)36-14-8-13-35(29-36)37-15-10-28-52-31-37)34-24-22-32(23-25-34)38-26-27-40(49-42-17-5-7-20-46(42)56-50(38)49)39-18-9-21-47-48(39)41-16-4-6-19-45(41)55-47/h1-31H. The molecule has 262 valence electrons. The molecule has 0 radical (unpaired) electrons. The molecule has 5 heteroatoms. The van der Waals surface area contributed by atoms with Gasteiger partial charge >= 0.3 is 0 Å². The first-order chi connectivity index (χ1) is 27.7. The van der Waals surface area contributed by atoms with E-state index in [1.54, 1.807) is 6.20 Å². The van der Waals surface area contributed by atoms with Gasteiger partial charge in [0.25, 0.3) is 0 Å². The second-order valence-corrected chi connectivity index (χ2v) is 14.0. The zero-order valence-electron chi connectivity index (χ0n) is 30.1. The van der Waals surface area contributed by atoms with Crippen molar-refractivity contribution in [3.05, 3.63) is 188 Å². The molecule has 7 aromatic carbocycles. The summed E-state index contributed by atoms with van der Waals surface area (Å²) in [5.74, 6) is 0.663. The number of hydrogen-bond donors (Lipinski definition) is 0. The van der Waals surface area contributed by atoms with Crippen LogP contribution in [0.1, 0.15) is 0 Å². The van der Waals surface area contributed by atoms with E-state index in [1.165, 1.54) is 0 Å². The number of hydrogen-bond acceptors (Lipinski definition) is 5. The molecule has 5 nitrogen and oxygen atoms in total. The maximum Gasteiger partial charge on any atom is 0.160 e. The number of rotatable bonds is 6. The molecule has 4 aromatic heterocycles. The summed E-state index contributed by atoms with van der Waals surface area (Å²) in [6, 6.07) is 60.5. The van der Waals surface area contributed by atoms with Gasteiger partial charge in [-0.3, -0.25) is 4.98 Å². The summed E-state index contributed by atoms with van der Waals surface area (Å²) in [4.78, 5) is 14.5. The molecule has 0 fully saturated rings. The Kier molecular flexibility index (Phi) is 7.42. The summed E-state index contributed by atoms with van der Waals surface area (Å²) in [5.41, 5.74) is 14.5. The van der Waals surface area contributed by atoms with Gasteiger partial charge in [0.15, 0.2) is 5.82 Å². The Balaban J connectivity index is 1.04. The van der Waals surface area contributed by atoms with E-state index < -0.39 is 0 Å². The van der Waals surface area contributed by atoms with Crippen LogP contribution < -0.4 is 0 Å². The molecule has 0 aliphatic carbocycles. The molecular weight excluding hydrogens is 687 g/mol. The fourth-order valence-electron chi connectivity index (χ4n) is 7.95. The van der Waals surface area contributed by atoms with Crippen molar-refractivity contribution >= 4 is 43.9 Å². The van der Waals surface area contributed by atoms with Gasteiger partial charge in [0.2, 0.25) is 0 Å². The maximum atomic E-state index is 6.72. The van der Waals surface area contributed by atoms with E-state index in [1.807, 2.05) is 66.9 Å². The van der Waals surface area contributed by atoms with Crippen LogP contribution in [0, 0.1) is 0 Å². The number of benzene rings is 7. The van der Waals surface area contributed by atoms with Gasteiger partial charge in [0.05, 0.1) is 11.4 Å². The van der Waals surface area contributed by atoms with Gasteiger partial charge in [-0.2, -0.15) is 0 Å². The second kappa shape index (κ2) is 13.0. The molecule has 0 unspecified atom stereocenters. The number of pyridine rings is 1. The molecule has 0 aliphatic heterocycles. The van der Waals surface area contributed by atoms with Crippen LogP contribution in [-0.4, -0.2) is 15.0 Å². The van der Waals surface area contributed by atoms with Crippen LogP contribution >= 0.6 is 0 Å². The van der Waals surface area contributed by atoms with E-state index in [-0.39, 0.29) is 0 Å². The van der Waals surface area contributed by atoms with Crippen LogP contribution in [0.15, 0.2) is 197 Å². The molecule has 0 spiro atoms. The molecule has 0 amide bonds. The highest BCUT2D eigenvalue weighted by molar-refractivity contribution is 6.21. The maximum absolute atomic E-state index is 6.72. The Bertz CT molecular complexity index is 3240. The van der Waals surface area contributed by atoms with E-state index >= 15 is 0 Å². The van der Waals surface area contributed by atoms with Crippen LogP contribution in [0.3, 0.4) is 0 Å². The van der Waals surface area contributed by atoms with Crippen LogP contribution in [0.5, 0.6) is 0 Å². The molecule has 11 aromatic rings. The summed E-state index contributed by atoms with van der Waals surface area (Å²) in [5, 5.41) is 4.37. The molecule has 0 saturated heterocycles. The largest absolute Gasteiger partial charge is 0.456 e. The van der Waals surface area contributed by atoms with E-state index in [2.05, 4.69) is 120 Å². The van der Waals surface area contributed by atoms with Gasteiger partial charge in [-0.1, -0.05) is 133 Å². The lowest BCUT2D eigenvalue weighted by Gasteiger charge is -2.12. The topological polar surface area (TPSA) is 65.0 Å². The highest BCUT2D eigenvalue weighted by atomic mass is 16.3. The number of fused-ring (bicyclic) bond motifs is 6. The number of para-hydroxylation sites is 2. The Morgan fingerprint density at radius 3 is 1.73 bits per heavy atom. The van der Waals surface area contributed by atoms with Gasteiger partial charge in [-0.15, -0.1) is 0 Å². The smallest absolute Gasteiger partial charge is 0.160 e. The molecule has 0 bridgehead atoms. The Morgan fingerprint density at radius 1 is 0.357 bits per heavy atom.